The van der Waals surface area contributed by atoms with Gasteiger partial charge in [0, 0.05) is 6.08 Å². The molecule has 0 N–H and O–H groups in total. The molecule has 0 heterocycles. The van der Waals surface area contributed by atoms with Crippen molar-refractivity contribution >= 4 is 22.3 Å². The Bertz CT molecular complexity index is 521. The van der Waals surface area contributed by atoms with Gasteiger partial charge in [-0.2, -0.15) is 0 Å². The molecule has 1 aromatic carbocycles. The summed E-state index contributed by atoms with van der Waals surface area (Å²) in [5, 5.41) is 0. The third kappa shape index (κ3) is 4.90. The normalized spacial score (nSPS) is 15.9. The van der Waals surface area contributed by atoms with Crippen molar-refractivity contribution in [3.63, 3.8) is 0 Å². The molecule has 1 aromatic rings. The van der Waals surface area contributed by atoms with Gasteiger partial charge >= 0.3 is 16.2 Å². The predicted molar refractivity (Wildman–Crippen MR) is 63.5 cm³/mol. The Morgan fingerprint density at radius 3 is 2.42 bits per heavy atom. The zero-order valence-electron chi connectivity index (χ0n) is 9.79. The molecule has 0 fully saturated rings. The van der Waals surface area contributed by atoms with Crippen molar-refractivity contribution in [2.45, 2.75) is 11.8 Å². The van der Waals surface area contributed by atoms with E-state index >= 15 is 0 Å². The van der Waals surface area contributed by atoms with E-state index in [-0.39, 0.29) is 18.2 Å². The fourth-order valence-corrected chi connectivity index (χ4v) is 1.91. The summed E-state index contributed by atoms with van der Waals surface area (Å²) in [4.78, 5) is 8.96. The monoisotopic (exact) mass is 302 g/mol. The Labute approximate surface area is 106 Å². The van der Waals surface area contributed by atoms with E-state index in [1.807, 2.05) is 0 Å². The number of hydrogen-bond donors (Lipinski definition) is 0. The number of halogens is 5. The van der Waals surface area contributed by atoms with Crippen molar-refractivity contribution in [2.24, 2.45) is 0 Å². The Hall–Kier alpha value is -1.57. The lowest BCUT2D eigenvalue weighted by molar-refractivity contribution is -0.137. The minimum atomic E-state index is -9.69. The topological polar surface area (TPSA) is 26.3 Å². The van der Waals surface area contributed by atoms with Gasteiger partial charge in [-0.25, -0.2) is 4.79 Å². The molecule has 0 aliphatic heterocycles. The van der Waals surface area contributed by atoms with Gasteiger partial charge in [0.25, 0.3) is 0 Å². The molecule has 0 atom stereocenters. The fourth-order valence-electron chi connectivity index (χ4n) is 1.21. The molecule has 19 heavy (non-hydrogen) atoms. The standard InChI is InChI=1S/C11H11F5O2S/c1-2-18-11(17)7-6-9-4-3-5-10(8-9)19(12,13,14,15)16/h3-8H,2H2,1H3. The summed E-state index contributed by atoms with van der Waals surface area (Å²) < 4.78 is 67.2. The fraction of sp³-hybridized carbons (Fsp3) is 0.182. The molecule has 0 aromatic heterocycles. The van der Waals surface area contributed by atoms with E-state index in [4.69, 9.17) is 0 Å². The van der Waals surface area contributed by atoms with Gasteiger partial charge in [0.2, 0.25) is 0 Å². The second kappa shape index (κ2) is 4.22. The maximum Gasteiger partial charge on any atom is 0.330 e. The van der Waals surface area contributed by atoms with Crippen LogP contribution in [0.25, 0.3) is 6.08 Å². The van der Waals surface area contributed by atoms with E-state index in [9.17, 15) is 24.2 Å². The summed E-state index contributed by atoms with van der Waals surface area (Å²) in [6, 6.07) is 2.60. The summed E-state index contributed by atoms with van der Waals surface area (Å²) in [6.07, 6.45) is 1.85. The van der Waals surface area contributed by atoms with Gasteiger partial charge < -0.3 is 4.74 Å². The third-order valence-corrected chi connectivity index (χ3v) is 3.15. The second-order valence-electron chi connectivity index (χ2n) is 3.63. The van der Waals surface area contributed by atoms with Crippen LogP contribution < -0.4 is 0 Å². The molecule has 0 amide bonds. The number of rotatable bonds is 4. The summed E-state index contributed by atoms with van der Waals surface area (Å²) >= 11 is 0. The van der Waals surface area contributed by atoms with E-state index in [0.717, 1.165) is 18.2 Å². The van der Waals surface area contributed by atoms with Gasteiger partial charge in [-0.15, -0.1) is 0 Å². The second-order valence-corrected chi connectivity index (χ2v) is 6.04. The van der Waals surface area contributed by atoms with Crippen molar-refractivity contribution < 1.29 is 29.0 Å². The van der Waals surface area contributed by atoms with Crippen molar-refractivity contribution in [3.8, 4) is 0 Å². The molecule has 0 aliphatic rings. The molecule has 1 rings (SSSR count). The number of benzene rings is 1. The van der Waals surface area contributed by atoms with Gasteiger partial charge in [0.1, 0.15) is 4.90 Å². The minimum absolute atomic E-state index is 0.106. The summed E-state index contributed by atoms with van der Waals surface area (Å²) in [7, 11) is -9.69. The molecule has 8 heteroatoms. The molecule has 108 valence electrons. The molecule has 0 saturated heterocycles. The number of hydrogen-bond acceptors (Lipinski definition) is 2. The largest absolute Gasteiger partial charge is 0.463 e. The molecular formula is C11H11F5O2S. The highest BCUT2D eigenvalue weighted by Gasteiger charge is 2.65. The van der Waals surface area contributed by atoms with E-state index in [1.165, 1.54) is 6.07 Å². The molecule has 2 nitrogen and oxygen atoms in total. The first-order valence-corrected chi connectivity index (χ1v) is 7.06. The van der Waals surface area contributed by atoms with Gasteiger partial charge in [-0.05, 0) is 30.7 Å². The quantitative estimate of drug-likeness (QED) is 0.448. The SMILES string of the molecule is CCOC(=O)C=Cc1cccc(S(F)(F)(F)(F)F)c1. The molecule has 0 bridgehead atoms. The first kappa shape index (κ1) is 15.5. The highest BCUT2D eigenvalue weighted by molar-refractivity contribution is 8.45. The predicted octanol–water partition coefficient (Wildman–Crippen LogP) is 4.92. The van der Waals surface area contributed by atoms with E-state index in [0.29, 0.717) is 6.07 Å². The zero-order chi connectivity index (χ0) is 14.8. The molecule has 0 saturated carbocycles. The van der Waals surface area contributed by atoms with Crippen LogP contribution in [-0.2, 0) is 9.53 Å². The van der Waals surface area contributed by atoms with Gasteiger partial charge in [-0.1, -0.05) is 31.6 Å². The van der Waals surface area contributed by atoms with Crippen LogP contribution in [0.15, 0.2) is 35.2 Å². The van der Waals surface area contributed by atoms with E-state index in [1.54, 1.807) is 6.92 Å². The van der Waals surface area contributed by atoms with Crippen LogP contribution in [0.4, 0.5) is 19.4 Å². The number of ether oxygens (including phenoxy) is 1. The highest BCUT2D eigenvalue weighted by atomic mass is 32.5. The average molecular weight is 302 g/mol. The Morgan fingerprint density at radius 2 is 1.89 bits per heavy atom. The van der Waals surface area contributed by atoms with Crippen molar-refractivity contribution in [1.29, 1.82) is 0 Å². The number of carbonyl (C=O) groups is 1. The highest BCUT2D eigenvalue weighted by Crippen LogP contribution is 3.02. The van der Waals surface area contributed by atoms with Crippen molar-refractivity contribution in [1.82, 2.24) is 0 Å². The van der Waals surface area contributed by atoms with Crippen LogP contribution in [0, 0.1) is 0 Å². The van der Waals surface area contributed by atoms with Gasteiger partial charge in [0.05, 0.1) is 6.61 Å². The van der Waals surface area contributed by atoms with Crippen molar-refractivity contribution in [3.05, 3.63) is 35.9 Å². The average Bonchev–Trinajstić information content (AvgIpc) is 2.24. The van der Waals surface area contributed by atoms with Crippen LogP contribution >= 0.6 is 10.2 Å². The van der Waals surface area contributed by atoms with Gasteiger partial charge in [0.15, 0.2) is 0 Å². The Kier molecular flexibility index (Phi) is 3.44. The molecule has 0 unspecified atom stereocenters. The van der Waals surface area contributed by atoms with Crippen LogP contribution in [-0.4, -0.2) is 12.6 Å². The molecular weight excluding hydrogens is 291 g/mol. The minimum Gasteiger partial charge on any atom is -0.463 e. The third-order valence-electron chi connectivity index (χ3n) is 2.00. The lowest BCUT2D eigenvalue weighted by atomic mass is 10.2. The smallest absolute Gasteiger partial charge is 0.330 e. The van der Waals surface area contributed by atoms with Crippen LogP contribution in [0.3, 0.4) is 0 Å². The number of carbonyl (C=O) groups excluding carboxylic acids is 1. The molecule has 0 radical (unpaired) electrons. The molecule has 0 spiro atoms. The summed E-state index contributed by atoms with van der Waals surface area (Å²) in [6.45, 7) is 1.66. The number of esters is 1. The lowest BCUT2D eigenvalue weighted by Gasteiger charge is -2.40. The van der Waals surface area contributed by atoms with E-state index in [2.05, 4.69) is 4.74 Å². The van der Waals surface area contributed by atoms with Crippen molar-refractivity contribution in [2.75, 3.05) is 6.61 Å². The molecule has 0 aliphatic carbocycles. The summed E-state index contributed by atoms with van der Waals surface area (Å²) in [5.41, 5.74) is -0.168. The van der Waals surface area contributed by atoms with E-state index < -0.39 is 21.1 Å². The zero-order valence-corrected chi connectivity index (χ0v) is 10.6. The first-order chi connectivity index (χ1) is 8.42. The van der Waals surface area contributed by atoms with Crippen LogP contribution in [0.1, 0.15) is 12.5 Å². The Morgan fingerprint density at radius 1 is 1.26 bits per heavy atom. The Balaban J connectivity index is 3.07. The maximum absolute atomic E-state index is 12.5. The lowest BCUT2D eigenvalue weighted by Crippen LogP contribution is -2.06. The maximum atomic E-state index is 12.5. The first-order valence-electron chi connectivity index (χ1n) is 5.11. The van der Waals surface area contributed by atoms with Gasteiger partial charge in [-0.3, -0.25) is 0 Å². The van der Waals surface area contributed by atoms with Crippen LogP contribution in [0.2, 0.25) is 0 Å². The van der Waals surface area contributed by atoms with Crippen LogP contribution in [0.5, 0.6) is 0 Å². The summed E-state index contributed by atoms with van der Waals surface area (Å²) in [5.74, 6) is -0.764.